The smallest absolute Gasteiger partial charge is 0.312 e. The number of carbonyl (C=O) groups is 1. The van der Waals surface area contributed by atoms with E-state index >= 15 is 0 Å². The quantitative estimate of drug-likeness (QED) is 0.509. The van der Waals surface area contributed by atoms with Crippen molar-refractivity contribution in [3.63, 3.8) is 0 Å². The maximum atomic E-state index is 13.1. The van der Waals surface area contributed by atoms with Crippen molar-refractivity contribution in [3.8, 4) is 23.0 Å². The average Bonchev–Trinajstić information content (AvgIpc) is 3.13. The van der Waals surface area contributed by atoms with Crippen LogP contribution in [-0.4, -0.2) is 19.9 Å². The van der Waals surface area contributed by atoms with Crippen LogP contribution < -0.4 is 24.4 Å². The van der Waals surface area contributed by atoms with Crippen LogP contribution in [-0.2, 0) is 4.79 Å². The van der Waals surface area contributed by atoms with Gasteiger partial charge in [-0.1, -0.05) is 0 Å². The van der Waals surface area contributed by atoms with Crippen molar-refractivity contribution in [3.05, 3.63) is 57.9 Å². The Labute approximate surface area is 153 Å². The second kappa shape index (κ2) is 5.77. The summed E-state index contributed by atoms with van der Waals surface area (Å²) in [6.07, 6.45) is 1.45. The molecule has 1 atom stereocenters. The lowest BCUT2D eigenvalue weighted by atomic mass is 9.86. The minimum Gasteiger partial charge on any atom is -0.497 e. The molecule has 27 heavy (non-hydrogen) atoms. The van der Waals surface area contributed by atoms with E-state index in [1.165, 1.54) is 13.4 Å². The van der Waals surface area contributed by atoms with E-state index < -0.39 is 11.9 Å². The fraction of sp³-hybridized carbons (Fsp3) is 0.200. The van der Waals surface area contributed by atoms with Crippen molar-refractivity contribution in [2.45, 2.75) is 12.3 Å². The number of carbonyl (C=O) groups excluding carboxylic acids is 1. The lowest BCUT2D eigenvalue weighted by Gasteiger charge is -2.24. The van der Waals surface area contributed by atoms with Gasteiger partial charge in [0.2, 0.25) is 6.79 Å². The highest BCUT2D eigenvalue weighted by Crippen LogP contribution is 2.45. The van der Waals surface area contributed by atoms with Crippen LogP contribution in [0, 0.1) is 0 Å². The van der Waals surface area contributed by atoms with E-state index in [2.05, 4.69) is 0 Å². The first kappa shape index (κ1) is 15.7. The molecule has 0 spiro atoms. The first-order valence-electron chi connectivity index (χ1n) is 8.37. The molecule has 2 aromatic carbocycles. The van der Waals surface area contributed by atoms with Gasteiger partial charge >= 0.3 is 5.97 Å². The monoisotopic (exact) mass is 366 g/mol. The minimum absolute atomic E-state index is 0.0346. The van der Waals surface area contributed by atoms with Crippen LogP contribution in [0.3, 0.4) is 0 Å². The summed E-state index contributed by atoms with van der Waals surface area (Å²) in [6, 6.07) is 8.41. The maximum absolute atomic E-state index is 13.1. The summed E-state index contributed by atoms with van der Waals surface area (Å²) >= 11 is 0. The normalized spacial score (nSPS) is 17.5. The molecule has 0 unspecified atom stereocenters. The molecule has 0 aliphatic carbocycles. The summed E-state index contributed by atoms with van der Waals surface area (Å²) < 4.78 is 27.0. The second-order valence-electron chi connectivity index (χ2n) is 6.36. The van der Waals surface area contributed by atoms with E-state index in [0.717, 1.165) is 0 Å². The van der Waals surface area contributed by atoms with Crippen LogP contribution in [0.5, 0.6) is 23.0 Å². The van der Waals surface area contributed by atoms with Gasteiger partial charge in [-0.25, -0.2) is 0 Å². The topological polar surface area (TPSA) is 84.2 Å². The number of ether oxygens (including phenoxy) is 4. The van der Waals surface area contributed by atoms with E-state index in [9.17, 15) is 9.59 Å². The molecule has 0 N–H and O–H groups in total. The van der Waals surface area contributed by atoms with Gasteiger partial charge < -0.3 is 23.4 Å². The fourth-order valence-corrected chi connectivity index (χ4v) is 3.51. The summed E-state index contributed by atoms with van der Waals surface area (Å²) in [4.78, 5) is 25.3. The van der Waals surface area contributed by atoms with E-state index in [-0.39, 0.29) is 18.6 Å². The Bertz CT molecular complexity index is 1150. The molecule has 7 nitrogen and oxygen atoms in total. The van der Waals surface area contributed by atoms with Crippen LogP contribution in [0.1, 0.15) is 23.5 Å². The van der Waals surface area contributed by atoms with Crippen LogP contribution >= 0.6 is 0 Å². The zero-order valence-corrected chi connectivity index (χ0v) is 14.3. The van der Waals surface area contributed by atoms with Crippen LogP contribution in [0.25, 0.3) is 11.0 Å². The molecule has 3 aromatic rings. The molecule has 0 saturated heterocycles. The van der Waals surface area contributed by atoms with Gasteiger partial charge in [0.1, 0.15) is 17.1 Å². The van der Waals surface area contributed by atoms with Crippen LogP contribution in [0.15, 0.2) is 45.8 Å². The number of fused-ring (bicyclic) bond motifs is 3. The lowest BCUT2D eigenvalue weighted by molar-refractivity contribution is -0.135. The van der Waals surface area contributed by atoms with Gasteiger partial charge in [0.05, 0.1) is 25.2 Å². The molecule has 1 aromatic heterocycles. The highest BCUT2D eigenvalue weighted by atomic mass is 16.7. The van der Waals surface area contributed by atoms with Gasteiger partial charge in [-0.05, 0) is 24.3 Å². The molecule has 2 aliphatic heterocycles. The van der Waals surface area contributed by atoms with Crippen molar-refractivity contribution in [1.29, 1.82) is 0 Å². The Morgan fingerprint density at radius 2 is 1.81 bits per heavy atom. The standard InChI is InChI=1S/C20H14O7/c1-23-10-2-3-15-13(4-10)20(22)14(8-24-15)11-6-19(21)27-16-7-18-17(5-12(11)16)25-9-26-18/h2-5,7-8,11H,6,9H2,1H3/t11-/m0/s1. The Morgan fingerprint density at radius 1 is 1.00 bits per heavy atom. The molecule has 3 heterocycles. The number of methoxy groups -OCH3 is 1. The molecule has 2 aliphatic rings. The molecule has 136 valence electrons. The van der Waals surface area contributed by atoms with E-state index in [1.54, 1.807) is 30.3 Å². The molecule has 5 rings (SSSR count). The Hall–Kier alpha value is -3.48. The zero-order valence-electron chi connectivity index (χ0n) is 14.3. The molecule has 0 radical (unpaired) electrons. The molecule has 0 bridgehead atoms. The third-order valence-electron chi connectivity index (χ3n) is 4.86. The molecule has 0 amide bonds. The molecule has 0 fully saturated rings. The predicted molar refractivity (Wildman–Crippen MR) is 93.7 cm³/mol. The number of benzene rings is 2. The number of esters is 1. The second-order valence-corrected chi connectivity index (χ2v) is 6.36. The van der Waals surface area contributed by atoms with Gasteiger partial charge in [-0.15, -0.1) is 0 Å². The largest absolute Gasteiger partial charge is 0.497 e. The SMILES string of the molecule is COc1ccc2occ([C@H]3CC(=O)Oc4cc5c(cc43)OCO5)c(=O)c2c1. The first-order valence-corrected chi connectivity index (χ1v) is 8.37. The summed E-state index contributed by atoms with van der Waals surface area (Å²) in [5, 5.41) is 0.396. The number of hydrogen-bond acceptors (Lipinski definition) is 7. The van der Waals surface area contributed by atoms with Crippen molar-refractivity contribution >= 4 is 16.9 Å². The predicted octanol–water partition coefficient (Wildman–Crippen LogP) is 2.97. The average molecular weight is 366 g/mol. The van der Waals surface area contributed by atoms with Crippen LogP contribution in [0.4, 0.5) is 0 Å². The third kappa shape index (κ3) is 2.43. The molecular weight excluding hydrogens is 352 g/mol. The Balaban J connectivity index is 1.70. The number of rotatable bonds is 2. The summed E-state index contributed by atoms with van der Waals surface area (Å²) in [7, 11) is 1.53. The molecule has 7 heteroatoms. The number of hydrogen-bond donors (Lipinski definition) is 0. The van der Waals surface area contributed by atoms with E-state index in [1.807, 2.05) is 0 Å². The van der Waals surface area contributed by atoms with Gasteiger partial charge in [0.15, 0.2) is 16.9 Å². The first-order chi connectivity index (χ1) is 13.1. The molecule has 0 saturated carbocycles. The van der Waals surface area contributed by atoms with Crippen molar-refractivity contribution < 1.29 is 28.2 Å². The van der Waals surface area contributed by atoms with Crippen molar-refractivity contribution in [2.75, 3.05) is 13.9 Å². The fourth-order valence-electron chi connectivity index (χ4n) is 3.51. The highest BCUT2D eigenvalue weighted by molar-refractivity contribution is 5.81. The van der Waals surface area contributed by atoms with Gasteiger partial charge in [-0.2, -0.15) is 0 Å². The van der Waals surface area contributed by atoms with E-state index in [4.69, 9.17) is 23.4 Å². The summed E-state index contributed by atoms with van der Waals surface area (Å²) in [5.74, 6) is 1.07. The van der Waals surface area contributed by atoms with Gasteiger partial charge in [0, 0.05) is 23.1 Å². The highest BCUT2D eigenvalue weighted by Gasteiger charge is 2.33. The van der Waals surface area contributed by atoms with Crippen LogP contribution in [0.2, 0.25) is 0 Å². The Morgan fingerprint density at radius 3 is 2.63 bits per heavy atom. The minimum atomic E-state index is -0.498. The zero-order chi connectivity index (χ0) is 18.5. The van der Waals surface area contributed by atoms with Gasteiger partial charge in [-0.3, -0.25) is 9.59 Å². The lowest BCUT2D eigenvalue weighted by Crippen LogP contribution is -2.24. The Kier molecular flexibility index (Phi) is 3.36. The van der Waals surface area contributed by atoms with Crippen molar-refractivity contribution in [1.82, 2.24) is 0 Å². The summed E-state index contributed by atoms with van der Waals surface area (Å²) in [6.45, 7) is 0.106. The van der Waals surface area contributed by atoms with Crippen molar-refractivity contribution in [2.24, 2.45) is 0 Å². The third-order valence-corrected chi connectivity index (χ3v) is 4.86. The van der Waals surface area contributed by atoms with E-state index in [0.29, 0.717) is 45.1 Å². The molecular formula is C20H14O7. The summed E-state index contributed by atoms with van der Waals surface area (Å²) in [5.41, 5.74) is 1.31. The maximum Gasteiger partial charge on any atom is 0.312 e. The van der Waals surface area contributed by atoms with Gasteiger partial charge in [0.25, 0.3) is 0 Å².